The van der Waals surface area contributed by atoms with E-state index in [9.17, 15) is 10.2 Å². The van der Waals surface area contributed by atoms with Gasteiger partial charge in [0.25, 0.3) is 0 Å². The molecule has 0 aliphatic carbocycles. The first-order valence-electron chi connectivity index (χ1n) is 10.1. The van der Waals surface area contributed by atoms with Crippen LogP contribution in [0.25, 0.3) is 5.69 Å². The van der Waals surface area contributed by atoms with E-state index in [0.717, 1.165) is 22.8 Å². The van der Waals surface area contributed by atoms with Crippen molar-refractivity contribution in [2.75, 3.05) is 13.2 Å². The Morgan fingerprint density at radius 1 is 1.13 bits per heavy atom. The van der Waals surface area contributed by atoms with E-state index in [1.165, 1.54) is 5.56 Å². The van der Waals surface area contributed by atoms with E-state index >= 15 is 0 Å². The SMILES string of the molecule is Cc1cc([C@@H]2[C@@H](c3ccccn3)NC(=S)N2CCCO)c(C)n1-c1ccc(O)cc1. The number of rotatable bonds is 6. The van der Waals surface area contributed by atoms with E-state index in [1.54, 1.807) is 18.3 Å². The predicted octanol–water partition coefficient (Wildman–Crippen LogP) is 3.55. The minimum Gasteiger partial charge on any atom is -0.508 e. The highest BCUT2D eigenvalue weighted by molar-refractivity contribution is 7.80. The Bertz CT molecular complexity index is 1030. The van der Waals surface area contributed by atoms with Gasteiger partial charge in [0, 0.05) is 36.4 Å². The molecule has 0 radical (unpaired) electrons. The number of hydrogen-bond donors (Lipinski definition) is 3. The summed E-state index contributed by atoms with van der Waals surface area (Å²) >= 11 is 5.67. The molecule has 1 aliphatic heterocycles. The fourth-order valence-corrected chi connectivity index (χ4v) is 4.64. The van der Waals surface area contributed by atoms with Crippen LogP contribution in [0.1, 0.15) is 41.1 Å². The number of aromatic nitrogens is 2. The van der Waals surface area contributed by atoms with E-state index in [0.29, 0.717) is 18.1 Å². The third kappa shape index (κ3) is 3.66. The van der Waals surface area contributed by atoms with Gasteiger partial charge in [0.1, 0.15) is 5.75 Å². The van der Waals surface area contributed by atoms with Crippen molar-refractivity contribution in [1.29, 1.82) is 0 Å². The molecule has 2 atom stereocenters. The maximum absolute atomic E-state index is 9.66. The lowest BCUT2D eigenvalue weighted by Crippen LogP contribution is -2.31. The molecule has 30 heavy (non-hydrogen) atoms. The summed E-state index contributed by atoms with van der Waals surface area (Å²) in [6.45, 7) is 4.97. The van der Waals surface area contributed by atoms with Gasteiger partial charge in [0.15, 0.2) is 5.11 Å². The van der Waals surface area contributed by atoms with Crippen molar-refractivity contribution in [2.45, 2.75) is 32.4 Å². The number of thiocarbonyl (C=S) groups is 1. The number of nitrogens with zero attached hydrogens (tertiary/aromatic N) is 3. The maximum Gasteiger partial charge on any atom is 0.170 e. The molecule has 2 aromatic heterocycles. The molecule has 6 nitrogen and oxygen atoms in total. The van der Waals surface area contributed by atoms with Crippen molar-refractivity contribution in [2.24, 2.45) is 0 Å². The highest BCUT2D eigenvalue weighted by Gasteiger charge is 2.41. The van der Waals surface area contributed by atoms with Crippen LogP contribution in [0.5, 0.6) is 5.75 Å². The smallest absolute Gasteiger partial charge is 0.170 e. The molecule has 0 saturated carbocycles. The van der Waals surface area contributed by atoms with Gasteiger partial charge in [0.05, 0.1) is 17.8 Å². The molecule has 1 aliphatic rings. The first-order chi connectivity index (χ1) is 14.5. The van der Waals surface area contributed by atoms with Gasteiger partial charge >= 0.3 is 0 Å². The van der Waals surface area contributed by atoms with Crippen LogP contribution in [0, 0.1) is 13.8 Å². The lowest BCUT2D eigenvalue weighted by Gasteiger charge is -2.28. The van der Waals surface area contributed by atoms with Crippen molar-refractivity contribution in [3.63, 3.8) is 0 Å². The number of hydrogen-bond acceptors (Lipinski definition) is 4. The van der Waals surface area contributed by atoms with Crippen LogP contribution in [0.3, 0.4) is 0 Å². The van der Waals surface area contributed by atoms with E-state index in [1.807, 2.05) is 30.3 Å². The number of phenolic OH excluding ortho intramolecular Hbond substituents is 1. The third-order valence-electron chi connectivity index (χ3n) is 5.65. The average molecular weight is 423 g/mol. The van der Waals surface area contributed by atoms with Crippen LogP contribution in [0.15, 0.2) is 54.7 Å². The van der Waals surface area contributed by atoms with Crippen molar-refractivity contribution in [3.05, 3.63) is 77.4 Å². The lowest BCUT2D eigenvalue weighted by atomic mass is 9.96. The lowest BCUT2D eigenvalue weighted by molar-refractivity contribution is 0.247. The predicted molar refractivity (Wildman–Crippen MR) is 121 cm³/mol. The molecule has 1 saturated heterocycles. The quantitative estimate of drug-likeness (QED) is 0.528. The van der Waals surface area contributed by atoms with Gasteiger partial charge in [0.2, 0.25) is 0 Å². The van der Waals surface area contributed by atoms with Gasteiger partial charge in [-0.2, -0.15) is 0 Å². The number of aliphatic hydroxyl groups excluding tert-OH is 1. The molecule has 7 heteroatoms. The highest BCUT2D eigenvalue weighted by atomic mass is 32.1. The molecule has 0 spiro atoms. The minimum absolute atomic E-state index is 0.0315. The number of phenols is 1. The summed E-state index contributed by atoms with van der Waals surface area (Å²) in [5, 5.41) is 23.2. The third-order valence-corrected chi connectivity index (χ3v) is 6.00. The Hall–Kier alpha value is -2.90. The summed E-state index contributed by atoms with van der Waals surface area (Å²) < 4.78 is 2.19. The van der Waals surface area contributed by atoms with Crippen LogP contribution < -0.4 is 5.32 Å². The molecule has 4 rings (SSSR count). The molecule has 3 heterocycles. The summed E-state index contributed by atoms with van der Waals surface area (Å²) in [5.41, 5.74) is 5.32. The van der Waals surface area contributed by atoms with Crippen LogP contribution >= 0.6 is 12.2 Å². The summed E-state index contributed by atoms with van der Waals surface area (Å²) in [6, 6.07) is 15.2. The van der Waals surface area contributed by atoms with E-state index < -0.39 is 0 Å². The van der Waals surface area contributed by atoms with E-state index in [2.05, 4.69) is 39.7 Å². The first kappa shape index (κ1) is 20.4. The number of benzene rings is 1. The van der Waals surface area contributed by atoms with Crippen LogP contribution in [0.4, 0.5) is 0 Å². The molecular weight excluding hydrogens is 396 g/mol. The average Bonchev–Trinajstić information content (AvgIpc) is 3.23. The van der Waals surface area contributed by atoms with Gasteiger partial charge < -0.3 is 25.0 Å². The zero-order valence-electron chi connectivity index (χ0n) is 17.1. The molecule has 0 bridgehead atoms. The summed E-state index contributed by atoms with van der Waals surface area (Å²) in [4.78, 5) is 6.74. The van der Waals surface area contributed by atoms with Crippen LogP contribution in [-0.2, 0) is 0 Å². The second-order valence-corrected chi connectivity index (χ2v) is 7.96. The Balaban J connectivity index is 1.81. The van der Waals surface area contributed by atoms with Crippen molar-refractivity contribution >= 4 is 17.3 Å². The summed E-state index contributed by atoms with van der Waals surface area (Å²) in [7, 11) is 0. The first-order valence-corrected chi connectivity index (χ1v) is 10.5. The molecule has 1 fully saturated rings. The molecule has 1 aromatic carbocycles. The fraction of sp³-hybridized carbons (Fsp3) is 0.304. The molecule has 0 amide bonds. The zero-order valence-corrected chi connectivity index (χ0v) is 17.9. The summed E-state index contributed by atoms with van der Waals surface area (Å²) in [5.74, 6) is 0.247. The van der Waals surface area contributed by atoms with Crippen molar-refractivity contribution in [3.8, 4) is 11.4 Å². The van der Waals surface area contributed by atoms with Crippen LogP contribution in [-0.4, -0.2) is 42.9 Å². The number of nitrogens with one attached hydrogen (secondary N) is 1. The molecule has 3 N–H and O–H groups in total. The normalized spacial score (nSPS) is 18.6. The monoisotopic (exact) mass is 422 g/mol. The van der Waals surface area contributed by atoms with Crippen molar-refractivity contribution < 1.29 is 10.2 Å². The Morgan fingerprint density at radius 2 is 1.90 bits per heavy atom. The van der Waals surface area contributed by atoms with Gasteiger partial charge in [-0.3, -0.25) is 4.98 Å². The largest absolute Gasteiger partial charge is 0.508 e. The maximum atomic E-state index is 9.66. The zero-order chi connectivity index (χ0) is 21.3. The Morgan fingerprint density at radius 3 is 2.57 bits per heavy atom. The highest BCUT2D eigenvalue weighted by Crippen LogP contribution is 2.41. The number of aliphatic hydroxyl groups is 1. The molecule has 3 aromatic rings. The topological polar surface area (TPSA) is 73.5 Å². The number of pyridine rings is 1. The molecule has 0 unspecified atom stereocenters. The van der Waals surface area contributed by atoms with Gasteiger partial charge in [-0.15, -0.1) is 0 Å². The second kappa shape index (κ2) is 8.45. The second-order valence-electron chi connectivity index (χ2n) is 7.58. The fourth-order valence-electron chi connectivity index (χ4n) is 4.31. The minimum atomic E-state index is -0.0776. The summed E-state index contributed by atoms with van der Waals surface area (Å²) in [6.07, 6.45) is 2.44. The number of aromatic hydroxyl groups is 1. The van der Waals surface area contributed by atoms with Gasteiger partial charge in [-0.1, -0.05) is 6.07 Å². The van der Waals surface area contributed by atoms with E-state index in [4.69, 9.17) is 12.2 Å². The van der Waals surface area contributed by atoms with E-state index in [-0.39, 0.29) is 24.4 Å². The van der Waals surface area contributed by atoms with Gasteiger partial charge in [-0.25, -0.2) is 0 Å². The Kier molecular flexibility index (Phi) is 5.74. The Labute approximate surface area is 181 Å². The molecular formula is C23H26N4O2S. The van der Waals surface area contributed by atoms with Crippen LogP contribution in [0.2, 0.25) is 0 Å². The van der Waals surface area contributed by atoms with Gasteiger partial charge in [-0.05, 0) is 80.5 Å². The number of aryl methyl sites for hydroxylation is 1. The van der Waals surface area contributed by atoms with Crippen molar-refractivity contribution in [1.82, 2.24) is 19.8 Å². The molecule has 156 valence electrons. The standard InChI is InChI=1S/C23H26N4O2S/c1-15-14-19(16(2)27(15)17-7-9-18(29)10-8-17)22-21(20-6-3-4-11-24-20)25-23(30)26(22)12-5-13-28/h3-4,6-11,14,21-22,28-29H,5,12-13H2,1-2H3,(H,25,30)/t21-,22-/m1/s1.